The smallest absolute Gasteiger partial charge is 0.331 e. The number of carboxylic acids is 1. The molecule has 11 unspecified atom stereocenters. The van der Waals surface area contributed by atoms with Crippen LogP contribution in [0.3, 0.4) is 0 Å². The van der Waals surface area contributed by atoms with E-state index in [4.69, 9.17) is 0 Å². The molecule has 272 valence electrons. The van der Waals surface area contributed by atoms with Crippen LogP contribution < -0.4 is 0 Å². The van der Waals surface area contributed by atoms with Gasteiger partial charge >= 0.3 is 5.97 Å². The zero-order valence-electron chi connectivity index (χ0n) is 30.7. The lowest BCUT2D eigenvalue weighted by atomic mass is 9.35. The quantitative estimate of drug-likeness (QED) is 0.196. The molecular weight excluding hydrogens is 632 g/mol. The third-order valence-corrected chi connectivity index (χ3v) is 14.7. The molecule has 0 heterocycles. The fourth-order valence-corrected chi connectivity index (χ4v) is 12.3. The van der Waals surface area contributed by atoms with Gasteiger partial charge in [0.2, 0.25) is 0 Å². The highest BCUT2D eigenvalue weighted by Crippen LogP contribution is 2.79. The van der Waals surface area contributed by atoms with Gasteiger partial charge in [-0.2, -0.15) is 0 Å². The van der Waals surface area contributed by atoms with E-state index in [-0.39, 0.29) is 60.6 Å². The number of hydrogen-bond acceptors (Lipinski definition) is 7. The number of aliphatic hydroxyl groups is 4. The lowest BCUT2D eigenvalue weighted by Gasteiger charge is -2.69. The maximum Gasteiger partial charge on any atom is 0.331 e. The van der Waals surface area contributed by atoms with Gasteiger partial charge in [0.1, 0.15) is 5.78 Å². The van der Waals surface area contributed by atoms with E-state index in [2.05, 4.69) is 19.9 Å². The number of aliphatic hydroxyl groups excluding tert-OH is 2. The summed E-state index contributed by atoms with van der Waals surface area (Å²) in [4.78, 5) is 40.4. The topological polar surface area (TPSA) is 152 Å². The first-order valence-corrected chi connectivity index (χ1v) is 18.5. The van der Waals surface area contributed by atoms with Crippen LogP contribution in [-0.2, 0) is 14.4 Å². The Bertz CT molecular complexity index is 1670. The molecule has 0 aliphatic heterocycles. The van der Waals surface area contributed by atoms with Crippen molar-refractivity contribution in [1.29, 1.82) is 0 Å². The van der Waals surface area contributed by atoms with Crippen molar-refractivity contribution >= 4 is 23.6 Å². The highest BCUT2D eigenvalue weighted by molar-refractivity contribution is 6.01. The average Bonchev–Trinajstić information content (AvgIpc) is 3.21. The predicted molar refractivity (Wildman–Crippen MR) is 190 cm³/mol. The van der Waals surface area contributed by atoms with E-state index < -0.39 is 57.0 Å². The van der Waals surface area contributed by atoms with Gasteiger partial charge < -0.3 is 25.5 Å². The Labute approximate surface area is 296 Å². The van der Waals surface area contributed by atoms with Gasteiger partial charge in [-0.1, -0.05) is 84.0 Å². The third-order valence-electron chi connectivity index (χ3n) is 14.7. The summed E-state index contributed by atoms with van der Waals surface area (Å²) in [5.41, 5.74) is -3.78. The molecule has 5 aliphatic carbocycles. The molecule has 0 saturated heterocycles. The molecule has 50 heavy (non-hydrogen) atoms. The first-order chi connectivity index (χ1) is 23.2. The Morgan fingerprint density at radius 3 is 2.26 bits per heavy atom. The van der Waals surface area contributed by atoms with Gasteiger partial charge in [0.05, 0.1) is 23.4 Å². The average molecular weight is 689 g/mol. The van der Waals surface area contributed by atoms with E-state index >= 15 is 0 Å². The van der Waals surface area contributed by atoms with E-state index in [0.29, 0.717) is 36.8 Å². The lowest BCUT2D eigenvalue weighted by Crippen LogP contribution is -2.71. The van der Waals surface area contributed by atoms with Crippen LogP contribution >= 0.6 is 0 Å². The van der Waals surface area contributed by atoms with Crippen molar-refractivity contribution < 1.29 is 39.9 Å². The van der Waals surface area contributed by atoms with Crippen molar-refractivity contribution in [3.05, 3.63) is 64.8 Å². The third kappa shape index (κ3) is 5.10. The van der Waals surface area contributed by atoms with E-state index in [0.717, 1.165) is 5.56 Å². The van der Waals surface area contributed by atoms with Gasteiger partial charge in [0, 0.05) is 52.6 Å². The molecule has 3 fully saturated rings. The van der Waals surface area contributed by atoms with Gasteiger partial charge in [-0.15, -0.1) is 0 Å². The van der Waals surface area contributed by atoms with Crippen LogP contribution in [-0.4, -0.2) is 66.5 Å². The summed E-state index contributed by atoms with van der Waals surface area (Å²) in [6.45, 7) is 13.7. The molecule has 1 aromatic carbocycles. The van der Waals surface area contributed by atoms with E-state index in [1.807, 2.05) is 64.1 Å². The number of carboxylic acid groups (broad SMARTS) is 1. The Balaban J connectivity index is 1.49. The summed E-state index contributed by atoms with van der Waals surface area (Å²) in [5, 5.41) is 56.9. The van der Waals surface area contributed by atoms with Crippen molar-refractivity contribution in [1.82, 2.24) is 0 Å². The summed E-state index contributed by atoms with van der Waals surface area (Å²) in [5.74, 6) is -2.36. The number of ketones is 2. The number of allylic oxidation sites excluding steroid dienone is 1. The normalized spacial score (nSPS) is 41.1. The second-order valence-electron chi connectivity index (χ2n) is 17.8. The maximum absolute atomic E-state index is 14.9. The molecule has 0 radical (unpaired) electrons. The molecule has 0 amide bonds. The molecule has 11 atom stereocenters. The Kier molecular flexibility index (Phi) is 8.90. The molecule has 6 rings (SSSR count). The molecule has 8 heteroatoms. The van der Waals surface area contributed by atoms with Gasteiger partial charge in [-0.25, -0.2) is 4.79 Å². The van der Waals surface area contributed by atoms with Gasteiger partial charge in [-0.05, 0) is 79.4 Å². The van der Waals surface area contributed by atoms with Crippen LogP contribution in [0.25, 0.3) is 6.08 Å². The highest BCUT2D eigenvalue weighted by atomic mass is 16.4. The zero-order chi connectivity index (χ0) is 36.8. The van der Waals surface area contributed by atoms with Crippen LogP contribution in [0.1, 0.15) is 105 Å². The first kappa shape index (κ1) is 36.9. The summed E-state index contributed by atoms with van der Waals surface area (Å²) >= 11 is 0. The standard InChI is InChI=1S/C42H56O8/c1-24(19-28(44)21-27(36(47)48)20-25(2)43)30-22-41(49)17-18-42(50)29(14-13-26-11-9-8-10-12-26)34-37(3,4)32(46)15-16-38(34,5)33-31(45)23-39(30,6)40(41,7)35(33)42/h8-14,21,24-25,28-30,34,43-44,49-50H,15-20,22-23H2,1-7H3,(H,47,48). The number of carbonyl (C=O) groups excluding carboxylic acids is 2. The molecule has 5 aliphatic rings. The van der Waals surface area contributed by atoms with Crippen molar-refractivity contribution in [2.75, 3.05) is 0 Å². The minimum Gasteiger partial charge on any atom is -0.478 e. The summed E-state index contributed by atoms with van der Waals surface area (Å²) in [6, 6.07) is 9.88. The molecule has 5 N–H and O–H groups in total. The first-order valence-electron chi connectivity index (χ1n) is 18.5. The monoisotopic (exact) mass is 688 g/mol. The highest BCUT2D eigenvalue weighted by Gasteiger charge is 2.79. The second-order valence-corrected chi connectivity index (χ2v) is 17.8. The number of benzene rings is 1. The second kappa shape index (κ2) is 12.1. The largest absolute Gasteiger partial charge is 0.478 e. The number of hydrogen-bond donors (Lipinski definition) is 5. The SMILES string of the molecule is CC(O)CC(=CC(O)CC(C)C1CC2(O)CCC3(O)C4=C(C(=O)CC1(C)C42C)C1(C)CCC(=O)C(C)(C)C1C3C=Cc1ccccc1)C(=O)O. The number of carbonyl (C=O) groups is 3. The molecule has 0 aromatic heterocycles. The van der Waals surface area contributed by atoms with E-state index in [1.165, 1.54) is 13.0 Å². The molecule has 0 bridgehead atoms. The molecule has 1 aromatic rings. The molecule has 3 saturated carbocycles. The van der Waals surface area contributed by atoms with Crippen molar-refractivity contribution in [2.45, 2.75) is 123 Å². The number of aliphatic carboxylic acids is 1. The van der Waals surface area contributed by atoms with Crippen LogP contribution in [0.4, 0.5) is 0 Å². The molecule has 0 spiro atoms. The van der Waals surface area contributed by atoms with Crippen molar-refractivity contribution in [3.8, 4) is 0 Å². The van der Waals surface area contributed by atoms with Crippen molar-refractivity contribution in [2.24, 2.45) is 45.3 Å². The summed E-state index contributed by atoms with van der Waals surface area (Å²) in [7, 11) is 0. The van der Waals surface area contributed by atoms with Gasteiger partial charge in [0.25, 0.3) is 0 Å². The van der Waals surface area contributed by atoms with Crippen LogP contribution in [0.2, 0.25) is 0 Å². The number of fused-ring (bicyclic) bond motifs is 2. The molecular formula is C42H56O8. The van der Waals surface area contributed by atoms with E-state index in [9.17, 15) is 39.9 Å². The van der Waals surface area contributed by atoms with Gasteiger partial charge in [-0.3, -0.25) is 9.59 Å². The summed E-state index contributed by atoms with van der Waals surface area (Å²) in [6.07, 6.45) is 5.49. The Morgan fingerprint density at radius 1 is 0.980 bits per heavy atom. The van der Waals surface area contributed by atoms with Gasteiger partial charge in [0.15, 0.2) is 5.78 Å². The van der Waals surface area contributed by atoms with Crippen LogP contribution in [0.15, 0.2) is 59.2 Å². The minimum absolute atomic E-state index is 0.0320. The lowest BCUT2D eigenvalue weighted by molar-refractivity contribution is -0.190. The number of rotatable bonds is 9. The van der Waals surface area contributed by atoms with E-state index in [1.54, 1.807) is 0 Å². The van der Waals surface area contributed by atoms with Crippen molar-refractivity contribution in [3.63, 3.8) is 0 Å². The Hall–Kier alpha value is -2.91. The minimum atomic E-state index is -1.48. The predicted octanol–water partition coefficient (Wildman–Crippen LogP) is 6.07. The molecule has 8 nitrogen and oxygen atoms in total. The summed E-state index contributed by atoms with van der Waals surface area (Å²) < 4.78 is 0. The number of Topliss-reactive ketones (excluding diaryl/α,β-unsaturated/α-hetero) is 2. The zero-order valence-corrected chi connectivity index (χ0v) is 30.7. The van der Waals surface area contributed by atoms with Crippen LogP contribution in [0, 0.1) is 45.3 Å². The fourth-order valence-electron chi connectivity index (χ4n) is 12.3. The maximum atomic E-state index is 14.9. The van der Waals surface area contributed by atoms with Crippen LogP contribution in [0.5, 0.6) is 0 Å². The Morgan fingerprint density at radius 2 is 1.64 bits per heavy atom. The fraction of sp³-hybridized carbons (Fsp3) is 0.643.